The number of hydrogen-bond acceptors (Lipinski definition) is 6. The Morgan fingerprint density at radius 2 is 2.00 bits per heavy atom. The molecule has 0 saturated carbocycles. The minimum absolute atomic E-state index is 0.252. The number of hydrogen-bond donors (Lipinski definition) is 2. The van der Waals surface area contributed by atoms with E-state index in [1.54, 1.807) is 12.1 Å². The third-order valence-electron chi connectivity index (χ3n) is 4.13. The fraction of sp³-hybridized carbons (Fsp3) is 0.176. The zero-order chi connectivity index (χ0) is 18.3. The third-order valence-corrected chi connectivity index (χ3v) is 4.56. The molecule has 0 aliphatic carbocycles. The first-order valence-corrected chi connectivity index (χ1v) is 8.71. The van der Waals surface area contributed by atoms with E-state index >= 15 is 0 Å². The maximum Gasteiger partial charge on any atom is 0.256 e. The molecule has 3 aromatic rings. The van der Waals surface area contributed by atoms with Crippen molar-refractivity contribution in [1.29, 1.82) is 0 Å². The molecule has 9 heteroatoms. The number of benzene rings is 1. The zero-order valence-corrected chi connectivity index (χ0v) is 15.6. The van der Waals surface area contributed by atoms with Gasteiger partial charge in [0.2, 0.25) is 5.95 Å². The molecule has 1 unspecified atom stereocenters. The molecule has 2 N–H and O–H groups in total. The number of nitrogens with one attached hydrogen (secondary N) is 2. The van der Waals surface area contributed by atoms with Crippen LogP contribution in [0.15, 0.2) is 56.8 Å². The highest BCUT2D eigenvalue weighted by atomic mass is 79.9. The molecule has 0 spiro atoms. The second-order valence-electron chi connectivity index (χ2n) is 5.98. The van der Waals surface area contributed by atoms with E-state index in [-0.39, 0.29) is 5.91 Å². The van der Waals surface area contributed by atoms with Crippen LogP contribution in [0.2, 0.25) is 0 Å². The Morgan fingerprint density at radius 3 is 2.69 bits per heavy atom. The Morgan fingerprint density at radius 1 is 1.23 bits per heavy atom. The summed E-state index contributed by atoms with van der Waals surface area (Å²) in [6.45, 7) is 3.81. The van der Waals surface area contributed by atoms with Gasteiger partial charge in [-0.25, -0.2) is 0 Å². The number of nitrogens with zero attached hydrogens (tertiary/aromatic N) is 4. The smallest absolute Gasteiger partial charge is 0.256 e. The molecule has 1 aliphatic heterocycles. The van der Waals surface area contributed by atoms with Crippen molar-refractivity contribution in [1.82, 2.24) is 20.2 Å². The summed E-state index contributed by atoms with van der Waals surface area (Å²) in [5.74, 6) is 0.754. The number of aryl methyl sites for hydroxylation is 1. The van der Waals surface area contributed by atoms with E-state index in [1.165, 1.54) is 4.68 Å². The van der Waals surface area contributed by atoms with Crippen LogP contribution in [0.25, 0.3) is 0 Å². The van der Waals surface area contributed by atoms with Crippen LogP contribution >= 0.6 is 15.9 Å². The van der Waals surface area contributed by atoms with E-state index in [2.05, 4.69) is 42.1 Å². The molecule has 1 aromatic carbocycles. The quantitative estimate of drug-likeness (QED) is 0.682. The van der Waals surface area contributed by atoms with Crippen molar-refractivity contribution in [2.45, 2.75) is 19.9 Å². The topological polar surface area (TPSA) is 97.9 Å². The van der Waals surface area contributed by atoms with Gasteiger partial charge in [0.15, 0.2) is 4.67 Å². The molecule has 132 valence electrons. The van der Waals surface area contributed by atoms with Gasteiger partial charge < -0.3 is 15.1 Å². The first kappa shape index (κ1) is 16.5. The summed E-state index contributed by atoms with van der Waals surface area (Å²) in [6, 6.07) is 10.6. The van der Waals surface area contributed by atoms with Gasteiger partial charge in [-0.15, -0.1) is 0 Å². The average Bonchev–Trinajstić information content (AvgIpc) is 3.24. The van der Waals surface area contributed by atoms with E-state index in [9.17, 15) is 4.79 Å². The van der Waals surface area contributed by atoms with Gasteiger partial charge >= 0.3 is 0 Å². The predicted molar refractivity (Wildman–Crippen MR) is 98.5 cm³/mol. The number of aromatic nitrogens is 4. The molecule has 26 heavy (non-hydrogen) atoms. The van der Waals surface area contributed by atoms with Crippen LogP contribution in [0.1, 0.15) is 24.3 Å². The van der Waals surface area contributed by atoms with Crippen molar-refractivity contribution in [3.05, 3.63) is 63.7 Å². The van der Waals surface area contributed by atoms with Gasteiger partial charge in [0.1, 0.15) is 11.8 Å². The van der Waals surface area contributed by atoms with E-state index < -0.39 is 6.04 Å². The van der Waals surface area contributed by atoms with Gasteiger partial charge in [-0.2, -0.15) is 4.68 Å². The normalized spacial score (nSPS) is 16.2. The van der Waals surface area contributed by atoms with Crippen LogP contribution in [0.3, 0.4) is 0 Å². The number of fused-ring (bicyclic) bond motifs is 1. The van der Waals surface area contributed by atoms with Gasteiger partial charge in [-0.05, 0) is 64.5 Å². The molecule has 4 rings (SSSR count). The zero-order valence-electron chi connectivity index (χ0n) is 14.0. The number of rotatable bonds is 3. The predicted octanol–water partition coefficient (Wildman–Crippen LogP) is 3.26. The second-order valence-corrected chi connectivity index (χ2v) is 6.76. The standard InChI is InChI=1S/C17H15BrN6O2/c1-9-3-5-11(6-4-9)20-16(25)14-10(2)19-17-21-22-23-24(17)15(14)12-7-8-13(18)26-12/h3-8,15H,1-2H3,(H,20,25)(H,19,21,23). The molecule has 8 nitrogen and oxygen atoms in total. The minimum atomic E-state index is -0.571. The van der Waals surface area contributed by atoms with Crippen molar-refractivity contribution in [2.24, 2.45) is 0 Å². The van der Waals surface area contributed by atoms with Gasteiger partial charge in [0, 0.05) is 11.4 Å². The van der Waals surface area contributed by atoms with Crippen LogP contribution in [0.4, 0.5) is 11.6 Å². The van der Waals surface area contributed by atoms with E-state index in [1.807, 2.05) is 38.1 Å². The summed E-state index contributed by atoms with van der Waals surface area (Å²) in [4.78, 5) is 13.0. The summed E-state index contributed by atoms with van der Waals surface area (Å²) in [7, 11) is 0. The highest BCUT2D eigenvalue weighted by Gasteiger charge is 2.36. The van der Waals surface area contributed by atoms with Crippen molar-refractivity contribution >= 4 is 33.5 Å². The molecule has 0 bridgehead atoms. The van der Waals surface area contributed by atoms with Crippen LogP contribution < -0.4 is 10.6 Å². The summed E-state index contributed by atoms with van der Waals surface area (Å²) in [6.07, 6.45) is 0. The molecule has 3 heterocycles. The van der Waals surface area contributed by atoms with E-state index in [0.717, 1.165) is 5.56 Å². The highest BCUT2D eigenvalue weighted by molar-refractivity contribution is 9.10. The van der Waals surface area contributed by atoms with E-state index in [0.29, 0.717) is 33.3 Å². The Labute approximate surface area is 157 Å². The highest BCUT2D eigenvalue weighted by Crippen LogP contribution is 2.36. The molecular formula is C17H15BrN6O2. The average molecular weight is 415 g/mol. The number of carbonyl (C=O) groups excluding carboxylic acids is 1. The maximum absolute atomic E-state index is 13.0. The maximum atomic E-state index is 13.0. The van der Waals surface area contributed by atoms with Crippen LogP contribution in [-0.2, 0) is 4.79 Å². The SMILES string of the molecule is CC1=C(C(=O)Nc2ccc(C)cc2)C(c2ccc(Br)o2)n2nnnc2N1. The van der Waals surface area contributed by atoms with Gasteiger partial charge in [0.05, 0.1) is 5.57 Å². The number of halogens is 1. The van der Waals surface area contributed by atoms with Crippen LogP contribution in [0.5, 0.6) is 0 Å². The molecule has 0 fully saturated rings. The number of allylic oxidation sites excluding steroid dienone is 1. The first-order chi connectivity index (χ1) is 12.5. The van der Waals surface area contributed by atoms with Gasteiger partial charge in [0.25, 0.3) is 5.91 Å². The Kier molecular flexibility index (Phi) is 4.08. The number of tetrazole rings is 1. The van der Waals surface area contributed by atoms with Crippen LogP contribution in [0, 0.1) is 6.92 Å². The van der Waals surface area contributed by atoms with Gasteiger partial charge in [-0.1, -0.05) is 22.8 Å². The summed E-state index contributed by atoms with van der Waals surface area (Å²) in [5.41, 5.74) is 2.97. The molecule has 2 aromatic heterocycles. The van der Waals surface area contributed by atoms with Crippen molar-refractivity contribution in [3.8, 4) is 0 Å². The van der Waals surface area contributed by atoms with Crippen molar-refractivity contribution in [2.75, 3.05) is 10.6 Å². The fourth-order valence-corrected chi connectivity index (χ4v) is 3.20. The Hall–Kier alpha value is -2.94. The summed E-state index contributed by atoms with van der Waals surface area (Å²) < 4.78 is 7.80. The Balaban J connectivity index is 1.74. The molecule has 1 aliphatic rings. The monoisotopic (exact) mass is 414 g/mol. The molecule has 1 amide bonds. The molecule has 0 saturated heterocycles. The number of carbonyl (C=O) groups is 1. The third kappa shape index (κ3) is 2.90. The lowest BCUT2D eigenvalue weighted by Gasteiger charge is -2.26. The minimum Gasteiger partial charge on any atom is -0.452 e. The molecule has 0 radical (unpaired) electrons. The number of amides is 1. The summed E-state index contributed by atoms with van der Waals surface area (Å²) >= 11 is 3.30. The first-order valence-electron chi connectivity index (χ1n) is 7.92. The Bertz CT molecular complexity index is 1000. The van der Waals surface area contributed by atoms with Crippen LogP contribution in [-0.4, -0.2) is 26.1 Å². The van der Waals surface area contributed by atoms with Crippen molar-refractivity contribution in [3.63, 3.8) is 0 Å². The van der Waals surface area contributed by atoms with Gasteiger partial charge in [-0.3, -0.25) is 4.79 Å². The lowest BCUT2D eigenvalue weighted by Crippen LogP contribution is -2.31. The molecular weight excluding hydrogens is 400 g/mol. The lowest BCUT2D eigenvalue weighted by molar-refractivity contribution is -0.113. The largest absolute Gasteiger partial charge is 0.452 e. The second kappa shape index (κ2) is 6.41. The molecule has 1 atom stereocenters. The van der Waals surface area contributed by atoms with Crippen molar-refractivity contribution < 1.29 is 9.21 Å². The summed E-state index contributed by atoms with van der Waals surface area (Å²) in [5, 5.41) is 17.7. The lowest BCUT2D eigenvalue weighted by atomic mass is 10.00. The number of furan rings is 1. The van der Waals surface area contributed by atoms with E-state index in [4.69, 9.17) is 4.42 Å². The fourth-order valence-electron chi connectivity index (χ4n) is 2.88. The number of anilines is 2.